The standard InChI is InChI=1S/C13H11ClN2O2.CO2/c1-15-13(17)9-2-3-12(11(14)8-9)18-10-4-6-16-7-5-10;2-1-3/h2-8H,1H3,(H,15,17);. The lowest BCUT2D eigenvalue weighted by atomic mass is 10.2. The van der Waals surface area contributed by atoms with Gasteiger partial charge in [-0.25, -0.2) is 0 Å². The van der Waals surface area contributed by atoms with Crippen LogP contribution in [0.4, 0.5) is 0 Å². The van der Waals surface area contributed by atoms with Crippen LogP contribution >= 0.6 is 11.6 Å². The maximum atomic E-state index is 11.4. The van der Waals surface area contributed by atoms with Crippen LogP contribution in [0.25, 0.3) is 0 Å². The van der Waals surface area contributed by atoms with Crippen molar-refractivity contribution >= 4 is 23.7 Å². The molecule has 0 atom stereocenters. The van der Waals surface area contributed by atoms with E-state index in [1.165, 1.54) is 0 Å². The first-order valence-corrected chi connectivity index (χ1v) is 6.09. The molecule has 1 N–H and O–H groups in total. The number of carbonyl (C=O) groups excluding carboxylic acids is 3. The van der Waals surface area contributed by atoms with Crippen molar-refractivity contribution < 1.29 is 19.1 Å². The minimum atomic E-state index is -0.188. The Morgan fingerprint density at radius 2 is 1.86 bits per heavy atom. The maximum absolute atomic E-state index is 11.4. The van der Waals surface area contributed by atoms with Crippen molar-refractivity contribution in [2.24, 2.45) is 0 Å². The van der Waals surface area contributed by atoms with Gasteiger partial charge in [-0.3, -0.25) is 9.78 Å². The Morgan fingerprint density at radius 1 is 1.24 bits per heavy atom. The van der Waals surface area contributed by atoms with Gasteiger partial charge in [-0.1, -0.05) is 11.6 Å². The molecule has 0 bridgehead atoms. The predicted octanol–water partition coefficient (Wildman–Crippen LogP) is 2.30. The summed E-state index contributed by atoms with van der Waals surface area (Å²) in [6.07, 6.45) is 3.50. The number of hydrogen-bond donors (Lipinski definition) is 1. The molecule has 1 aromatic heterocycles. The molecule has 2 rings (SSSR count). The molecule has 0 spiro atoms. The van der Waals surface area contributed by atoms with Gasteiger partial charge in [0.05, 0.1) is 5.02 Å². The Morgan fingerprint density at radius 3 is 2.38 bits per heavy atom. The first-order chi connectivity index (χ1) is 10.1. The lowest BCUT2D eigenvalue weighted by Crippen LogP contribution is -2.17. The van der Waals surface area contributed by atoms with Crippen LogP contribution in [-0.4, -0.2) is 24.1 Å². The molecule has 1 amide bonds. The van der Waals surface area contributed by atoms with Gasteiger partial charge in [0.25, 0.3) is 5.91 Å². The fourth-order valence-electron chi connectivity index (χ4n) is 1.40. The summed E-state index contributed by atoms with van der Waals surface area (Å²) < 4.78 is 5.57. The summed E-state index contributed by atoms with van der Waals surface area (Å²) >= 11 is 6.06. The fraction of sp³-hybridized carbons (Fsp3) is 0.0714. The first kappa shape index (κ1) is 16.4. The second kappa shape index (κ2) is 8.47. The van der Waals surface area contributed by atoms with E-state index in [1.807, 2.05) is 0 Å². The van der Waals surface area contributed by atoms with E-state index in [0.717, 1.165) is 0 Å². The highest BCUT2D eigenvalue weighted by Gasteiger charge is 2.08. The van der Waals surface area contributed by atoms with Crippen LogP contribution in [0.3, 0.4) is 0 Å². The Hall–Kier alpha value is -2.69. The minimum Gasteiger partial charge on any atom is -0.456 e. The van der Waals surface area contributed by atoms with E-state index in [4.69, 9.17) is 25.9 Å². The molecule has 1 aromatic carbocycles. The third-order valence-corrected chi connectivity index (χ3v) is 2.59. The lowest BCUT2D eigenvalue weighted by Gasteiger charge is -2.08. The van der Waals surface area contributed by atoms with Gasteiger partial charge in [0.1, 0.15) is 11.5 Å². The third kappa shape index (κ3) is 5.06. The number of pyridine rings is 1. The average Bonchev–Trinajstić information content (AvgIpc) is 2.50. The van der Waals surface area contributed by atoms with Gasteiger partial charge in [-0.15, -0.1) is 0 Å². The molecule has 21 heavy (non-hydrogen) atoms. The van der Waals surface area contributed by atoms with Crippen LogP contribution in [0.15, 0.2) is 42.7 Å². The number of nitrogens with one attached hydrogen (secondary N) is 1. The summed E-state index contributed by atoms with van der Waals surface area (Å²) in [6.45, 7) is 0. The second-order valence-corrected chi connectivity index (χ2v) is 4.00. The van der Waals surface area contributed by atoms with Gasteiger partial charge in [-0.05, 0) is 30.3 Å². The summed E-state index contributed by atoms with van der Waals surface area (Å²) in [6, 6.07) is 8.33. The number of hydrogen-bond acceptors (Lipinski definition) is 5. The summed E-state index contributed by atoms with van der Waals surface area (Å²) in [4.78, 5) is 31.6. The first-order valence-electron chi connectivity index (χ1n) is 5.71. The largest absolute Gasteiger partial charge is 0.456 e. The summed E-state index contributed by atoms with van der Waals surface area (Å²) in [7, 11) is 1.57. The van der Waals surface area contributed by atoms with Crippen LogP contribution < -0.4 is 10.1 Å². The number of rotatable bonds is 3. The molecule has 0 saturated carbocycles. The quantitative estimate of drug-likeness (QED) is 0.940. The molecule has 0 fully saturated rings. The molecule has 2 aromatic rings. The Balaban J connectivity index is 0.000000677. The molecule has 0 radical (unpaired) electrons. The summed E-state index contributed by atoms with van der Waals surface area (Å²) in [5.74, 6) is 0.947. The van der Waals surface area contributed by atoms with Crippen molar-refractivity contribution in [1.82, 2.24) is 10.3 Å². The van der Waals surface area contributed by atoms with Gasteiger partial charge in [-0.2, -0.15) is 9.59 Å². The van der Waals surface area contributed by atoms with Crippen LogP contribution in [0, 0.1) is 0 Å². The number of aromatic nitrogens is 1. The van der Waals surface area contributed by atoms with Crippen LogP contribution in [0.1, 0.15) is 10.4 Å². The normalized spacial score (nSPS) is 8.86. The zero-order valence-corrected chi connectivity index (χ0v) is 11.8. The van der Waals surface area contributed by atoms with Gasteiger partial charge in [0.15, 0.2) is 0 Å². The number of benzene rings is 1. The van der Waals surface area contributed by atoms with Crippen molar-refractivity contribution in [1.29, 1.82) is 0 Å². The van der Waals surface area contributed by atoms with E-state index in [0.29, 0.717) is 22.1 Å². The number of carbonyl (C=O) groups is 1. The highest BCUT2D eigenvalue weighted by molar-refractivity contribution is 6.32. The highest BCUT2D eigenvalue weighted by atomic mass is 35.5. The number of halogens is 1. The van der Waals surface area contributed by atoms with Crippen molar-refractivity contribution in [3.05, 3.63) is 53.3 Å². The molecule has 0 aliphatic rings. The van der Waals surface area contributed by atoms with E-state index < -0.39 is 0 Å². The van der Waals surface area contributed by atoms with Gasteiger partial charge in [0, 0.05) is 25.0 Å². The second-order valence-electron chi connectivity index (χ2n) is 3.59. The lowest BCUT2D eigenvalue weighted by molar-refractivity contribution is -0.191. The Labute approximate surface area is 125 Å². The van der Waals surface area contributed by atoms with Gasteiger partial charge < -0.3 is 10.1 Å². The average molecular weight is 307 g/mol. The number of nitrogens with zero attached hydrogens (tertiary/aromatic N) is 1. The molecular weight excluding hydrogens is 296 g/mol. The van der Waals surface area contributed by atoms with E-state index in [-0.39, 0.29) is 12.1 Å². The fourth-order valence-corrected chi connectivity index (χ4v) is 1.62. The van der Waals surface area contributed by atoms with E-state index in [1.54, 1.807) is 49.8 Å². The molecule has 7 heteroatoms. The number of amides is 1. The van der Waals surface area contributed by atoms with E-state index in [2.05, 4.69) is 10.3 Å². The highest BCUT2D eigenvalue weighted by Crippen LogP contribution is 2.29. The zero-order chi connectivity index (χ0) is 15.7. The summed E-state index contributed by atoms with van der Waals surface area (Å²) in [5, 5.41) is 2.91. The van der Waals surface area contributed by atoms with Crippen molar-refractivity contribution in [3.63, 3.8) is 0 Å². The SMILES string of the molecule is CNC(=O)c1ccc(Oc2ccncc2)c(Cl)c1.O=C=O. The molecule has 1 heterocycles. The van der Waals surface area contributed by atoms with Crippen molar-refractivity contribution in [2.75, 3.05) is 7.05 Å². The zero-order valence-electron chi connectivity index (χ0n) is 11.0. The van der Waals surface area contributed by atoms with Crippen LogP contribution in [-0.2, 0) is 9.59 Å². The minimum absolute atomic E-state index is 0.188. The Bertz CT molecular complexity index is 641. The van der Waals surface area contributed by atoms with Gasteiger partial charge >= 0.3 is 6.15 Å². The van der Waals surface area contributed by atoms with Crippen molar-refractivity contribution in [3.8, 4) is 11.5 Å². The van der Waals surface area contributed by atoms with Crippen molar-refractivity contribution in [2.45, 2.75) is 0 Å². The van der Waals surface area contributed by atoms with E-state index >= 15 is 0 Å². The molecule has 0 aliphatic carbocycles. The molecule has 6 nitrogen and oxygen atoms in total. The van der Waals surface area contributed by atoms with E-state index in [9.17, 15) is 4.79 Å². The molecule has 108 valence electrons. The maximum Gasteiger partial charge on any atom is 0.373 e. The third-order valence-electron chi connectivity index (χ3n) is 2.30. The predicted molar refractivity (Wildman–Crippen MR) is 74.2 cm³/mol. The molecular formula is C14H11ClN2O4. The van der Waals surface area contributed by atoms with Crippen LogP contribution in [0.2, 0.25) is 5.02 Å². The monoisotopic (exact) mass is 306 g/mol. The topological polar surface area (TPSA) is 85.4 Å². The summed E-state index contributed by atoms with van der Waals surface area (Å²) in [5.41, 5.74) is 0.490. The van der Waals surface area contributed by atoms with Gasteiger partial charge in [0.2, 0.25) is 0 Å². The number of ether oxygens (including phenoxy) is 1. The molecule has 0 aliphatic heterocycles. The smallest absolute Gasteiger partial charge is 0.373 e. The Kier molecular flexibility index (Phi) is 6.60. The molecule has 0 unspecified atom stereocenters. The van der Waals surface area contributed by atoms with Crippen LogP contribution in [0.5, 0.6) is 11.5 Å². The molecule has 0 saturated heterocycles.